The second-order valence-corrected chi connectivity index (χ2v) is 8.10. The van der Waals surface area contributed by atoms with Crippen LogP contribution in [0.25, 0.3) is 10.8 Å². The normalized spacial score (nSPS) is 21.7. The Hall–Kier alpha value is -3.80. The zero-order valence-corrected chi connectivity index (χ0v) is 19.1. The number of H-pyrrole nitrogens is 1. The predicted molar refractivity (Wildman–Crippen MR) is 124 cm³/mol. The van der Waals surface area contributed by atoms with E-state index >= 15 is 0 Å². The van der Waals surface area contributed by atoms with Crippen molar-refractivity contribution >= 4 is 22.6 Å². The van der Waals surface area contributed by atoms with Crippen LogP contribution in [0.3, 0.4) is 0 Å². The summed E-state index contributed by atoms with van der Waals surface area (Å²) in [7, 11) is 1.32. The number of esters is 1. The molecule has 4 atom stereocenters. The summed E-state index contributed by atoms with van der Waals surface area (Å²) in [5, 5.41) is 14.4. The Morgan fingerprint density at radius 3 is 2.57 bits per heavy atom. The van der Waals surface area contributed by atoms with Crippen LogP contribution >= 0.6 is 0 Å². The highest BCUT2D eigenvalue weighted by Crippen LogP contribution is 2.32. The van der Waals surface area contributed by atoms with E-state index in [1.165, 1.54) is 14.0 Å². The number of carbonyl (C=O) groups excluding carboxylic acids is 2. The SMILES string of the molecule is CO[C@@H]1[C@H](OC(C)=O)[C@@H](CO)O[C@H]1n1cc(C(=O)NCc2ccc3ccccc3c2)c(=O)[nH]c1=O. The molecule has 0 spiro atoms. The summed E-state index contributed by atoms with van der Waals surface area (Å²) in [6, 6.07) is 13.5. The average Bonchev–Trinajstić information content (AvgIpc) is 3.18. The smallest absolute Gasteiger partial charge is 0.330 e. The van der Waals surface area contributed by atoms with E-state index in [1.54, 1.807) is 0 Å². The van der Waals surface area contributed by atoms with Gasteiger partial charge < -0.3 is 24.6 Å². The maximum atomic E-state index is 12.8. The number of hydrogen-bond donors (Lipinski definition) is 3. The van der Waals surface area contributed by atoms with Gasteiger partial charge in [-0.2, -0.15) is 0 Å². The molecule has 1 saturated heterocycles. The molecule has 3 aromatic rings. The molecule has 11 nitrogen and oxygen atoms in total. The number of fused-ring (bicyclic) bond motifs is 1. The number of ether oxygens (including phenoxy) is 3. The summed E-state index contributed by atoms with van der Waals surface area (Å²) in [5.41, 5.74) is -1.21. The summed E-state index contributed by atoms with van der Waals surface area (Å²) >= 11 is 0. The topological polar surface area (TPSA) is 149 Å². The number of aromatic nitrogens is 2. The molecule has 2 heterocycles. The first-order chi connectivity index (χ1) is 16.8. The fourth-order valence-corrected chi connectivity index (χ4v) is 4.13. The Kier molecular flexibility index (Phi) is 7.10. The molecule has 35 heavy (non-hydrogen) atoms. The Balaban J connectivity index is 1.58. The maximum absolute atomic E-state index is 12.8. The third kappa shape index (κ3) is 5.02. The second-order valence-electron chi connectivity index (χ2n) is 8.10. The van der Waals surface area contributed by atoms with Crippen LogP contribution < -0.4 is 16.6 Å². The molecule has 0 radical (unpaired) electrons. The lowest BCUT2D eigenvalue weighted by Gasteiger charge is -2.23. The highest BCUT2D eigenvalue weighted by Gasteiger charge is 2.48. The van der Waals surface area contributed by atoms with Gasteiger partial charge in [0.15, 0.2) is 12.3 Å². The number of hydrogen-bond acceptors (Lipinski definition) is 8. The molecule has 1 aliphatic rings. The summed E-state index contributed by atoms with van der Waals surface area (Å²) in [5.74, 6) is -1.32. The Labute approximate surface area is 199 Å². The fraction of sp³-hybridized carbons (Fsp3) is 0.333. The van der Waals surface area contributed by atoms with E-state index in [-0.39, 0.29) is 12.1 Å². The van der Waals surface area contributed by atoms with Gasteiger partial charge >= 0.3 is 11.7 Å². The molecule has 4 rings (SSSR count). The molecule has 0 aliphatic carbocycles. The highest BCUT2D eigenvalue weighted by atomic mass is 16.6. The minimum Gasteiger partial charge on any atom is -0.457 e. The van der Waals surface area contributed by atoms with Gasteiger partial charge in [-0.05, 0) is 22.4 Å². The molecule has 1 aromatic heterocycles. The van der Waals surface area contributed by atoms with E-state index in [0.29, 0.717) is 0 Å². The molecule has 11 heteroatoms. The Morgan fingerprint density at radius 2 is 1.89 bits per heavy atom. The molecular weight excluding hydrogens is 458 g/mol. The molecule has 0 unspecified atom stereocenters. The quantitative estimate of drug-likeness (QED) is 0.410. The molecular formula is C24H25N3O8. The van der Waals surface area contributed by atoms with Crippen LogP contribution in [0, 0.1) is 0 Å². The van der Waals surface area contributed by atoms with Gasteiger partial charge in [0.2, 0.25) is 0 Å². The Bertz CT molecular complexity index is 1360. The number of methoxy groups -OCH3 is 1. The van der Waals surface area contributed by atoms with E-state index in [1.807, 2.05) is 42.5 Å². The van der Waals surface area contributed by atoms with E-state index in [0.717, 1.165) is 27.1 Å². The van der Waals surface area contributed by atoms with E-state index in [4.69, 9.17) is 14.2 Å². The largest absolute Gasteiger partial charge is 0.457 e. The number of benzene rings is 2. The van der Waals surface area contributed by atoms with Gasteiger partial charge in [-0.15, -0.1) is 0 Å². The van der Waals surface area contributed by atoms with E-state index in [2.05, 4.69) is 10.3 Å². The predicted octanol–water partition coefficient (Wildman–Crippen LogP) is 0.456. The molecule has 0 saturated carbocycles. The fourth-order valence-electron chi connectivity index (χ4n) is 4.13. The molecule has 0 bridgehead atoms. The van der Waals surface area contributed by atoms with Crippen molar-refractivity contribution in [2.45, 2.75) is 38.0 Å². The number of carbonyl (C=O) groups is 2. The number of amides is 1. The van der Waals surface area contributed by atoms with Crippen LogP contribution in [-0.2, 0) is 25.5 Å². The van der Waals surface area contributed by atoms with Gasteiger partial charge in [-0.1, -0.05) is 36.4 Å². The van der Waals surface area contributed by atoms with Crippen LogP contribution in [-0.4, -0.2) is 58.6 Å². The lowest BCUT2D eigenvalue weighted by Crippen LogP contribution is -2.42. The second kappa shape index (κ2) is 10.2. The van der Waals surface area contributed by atoms with Crippen molar-refractivity contribution in [3.8, 4) is 0 Å². The first-order valence-electron chi connectivity index (χ1n) is 10.9. The third-order valence-corrected chi connectivity index (χ3v) is 5.79. The number of nitrogens with zero attached hydrogens (tertiary/aromatic N) is 1. The summed E-state index contributed by atoms with van der Waals surface area (Å²) in [4.78, 5) is 51.4. The van der Waals surface area contributed by atoms with Crippen LogP contribution in [0.2, 0.25) is 0 Å². The van der Waals surface area contributed by atoms with Gasteiger partial charge in [0.05, 0.1) is 6.61 Å². The molecule has 1 amide bonds. The monoisotopic (exact) mass is 483 g/mol. The average molecular weight is 483 g/mol. The van der Waals surface area contributed by atoms with Gasteiger partial charge in [0.25, 0.3) is 11.5 Å². The number of rotatable bonds is 7. The van der Waals surface area contributed by atoms with Crippen molar-refractivity contribution in [1.82, 2.24) is 14.9 Å². The van der Waals surface area contributed by atoms with E-state index in [9.17, 15) is 24.3 Å². The zero-order chi connectivity index (χ0) is 25.1. The molecule has 2 aromatic carbocycles. The number of aliphatic hydroxyl groups is 1. The van der Waals surface area contributed by atoms with Crippen LogP contribution in [0.4, 0.5) is 0 Å². The van der Waals surface area contributed by atoms with Crippen molar-refractivity contribution in [2.24, 2.45) is 0 Å². The first-order valence-corrected chi connectivity index (χ1v) is 10.9. The molecule has 1 fully saturated rings. The summed E-state index contributed by atoms with van der Waals surface area (Å²) in [6.45, 7) is 0.841. The van der Waals surface area contributed by atoms with Gasteiger partial charge in [-0.3, -0.25) is 23.9 Å². The van der Waals surface area contributed by atoms with E-state index < -0.39 is 54.3 Å². The lowest BCUT2D eigenvalue weighted by atomic mass is 10.1. The standard InChI is InChI=1S/C24H25N3O8/c1-13(29)34-19-18(12-28)35-23(20(19)33-2)27-11-17(22(31)26-24(27)32)21(30)25-10-14-7-8-15-5-3-4-6-16(15)9-14/h3-9,11,18-20,23,28H,10,12H2,1-2H3,(H,25,30)(H,26,31,32)/t18-,19-,20-,23-/m1/s1. The van der Waals surface area contributed by atoms with Crippen LogP contribution in [0.15, 0.2) is 58.3 Å². The van der Waals surface area contributed by atoms with Crippen molar-refractivity contribution in [2.75, 3.05) is 13.7 Å². The van der Waals surface area contributed by atoms with Gasteiger partial charge in [0.1, 0.15) is 17.8 Å². The van der Waals surface area contributed by atoms with Gasteiger partial charge in [0, 0.05) is 26.8 Å². The van der Waals surface area contributed by atoms with Crippen LogP contribution in [0.1, 0.15) is 29.1 Å². The number of nitrogens with one attached hydrogen (secondary N) is 2. The highest BCUT2D eigenvalue weighted by molar-refractivity contribution is 5.93. The van der Waals surface area contributed by atoms with Crippen molar-refractivity contribution in [1.29, 1.82) is 0 Å². The van der Waals surface area contributed by atoms with Crippen molar-refractivity contribution in [3.63, 3.8) is 0 Å². The molecule has 1 aliphatic heterocycles. The zero-order valence-electron chi connectivity index (χ0n) is 19.1. The number of aromatic amines is 1. The lowest BCUT2D eigenvalue weighted by molar-refractivity contribution is -0.154. The van der Waals surface area contributed by atoms with Crippen LogP contribution in [0.5, 0.6) is 0 Å². The minimum atomic E-state index is -1.17. The van der Waals surface area contributed by atoms with Crippen molar-refractivity contribution < 1.29 is 28.9 Å². The Morgan fingerprint density at radius 1 is 1.14 bits per heavy atom. The summed E-state index contributed by atoms with van der Waals surface area (Å²) < 4.78 is 17.3. The number of aliphatic hydroxyl groups excluding tert-OH is 1. The molecule has 184 valence electrons. The van der Waals surface area contributed by atoms with Crippen molar-refractivity contribution in [3.05, 3.63) is 80.6 Å². The maximum Gasteiger partial charge on any atom is 0.330 e. The van der Waals surface area contributed by atoms with Gasteiger partial charge in [-0.25, -0.2) is 4.79 Å². The minimum absolute atomic E-state index is 0.157. The third-order valence-electron chi connectivity index (χ3n) is 5.79. The molecule has 3 N–H and O–H groups in total. The first kappa shape index (κ1) is 24.3. The summed E-state index contributed by atoms with van der Waals surface area (Å²) in [6.07, 6.45) is -3.06.